The van der Waals surface area contributed by atoms with Gasteiger partial charge in [-0.15, -0.1) is 0 Å². The van der Waals surface area contributed by atoms with Crippen molar-refractivity contribution in [2.45, 2.75) is 39.2 Å². The first-order valence-electron chi connectivity index (χ1n) is 6.95. The van der Waals surface area contributed by atoms with Gasteiger partial charge in [0.2, 0.25) is 5.91 Å². The molecule has 112 valence electrons. The lowest BCUT2D eigenvalue weighted by Gasteiger charge is -2.15. The zero-order valence-electron chi connectivity index (χ0n) is 12.6. The summed E-state index contributed by atoms with van der Waals surface area (Å²) < 4.78 is 0. The average Bonchev–Trinajstić information content (AvgIpc) is 2.38. The maximum Gasteiger partial charge on any atom is 0.316 e. The monoisotopic (exact) mass is 272 g/mol. The summed E-state index contributed by atoms with van der Waals surface area (Å²) in [4.78, 5) is 24.4. The van der Waals surface area contributed by atoms with Crippen LogP contribution in [0, 0.1) is 0 Å². The van der Waals surface area contributed by atoms with Crippen molar-refractivity contribution in [3.05, 3.63) is 0 Å². The zero-order valence-corrected chi connectivity index (χ0v) is 12.6. The van der Waals surface area contributed by atoms with E-state index in [9.17, 15) is 9.59 Å². The second-order valence-corrected chi connectivity index (χ2v) is 4.80. The summed E-state index contributed by atoms with van der Waals surface area (Å²) in [5, 5.41) is 8.69. The molecule has 0 aromatic carbocycles. The molecule has 0 saturated heterocycles. The van der Waals surface area contributed by atoms with E-state index in [2.05, 4.69) is 22.9 Å². The molecule has 1 unspecified atom stereocenters. The van der Waals surface area contributed by atoms with E-state index < -0.39 is 0 Å². The number of amides is 3. The third-order valence-electron chi connectivity index (χ3n) is 2.73. The van der Waals surface area contributed by atoms with Crippen LogP contribution in [-0.4, -0.2) is 56.6 Å². The number of carbonyl (C=O) groups excluding carboxylic acids is 2. The number of rotatable bonds is 9. The molecular weight excluding hydrogens is 244 g/mol. The minimum absolute atomic E-state index is 0.00930. The molecule has 19 heavy (non-hydrogen) atoms. The second-order valence-electron chi connectivity index (χ2n) is 4.80. The van der Waals surface area contributed by atoms with Crippen molar-refractivity contribution >= 4 is 11.9 Å². The lowest BCUT2D eigenvalue weighted by atomic mass is 10.2. The fraction of sp³-hybridized carbons (Fsp3) is 0.846. The van der Waals surface area contributed by atoms with Gasteiger partial charge in [-0.05, 0) is 13.3 Å². The van der Waals surface area contributed by atoms with Gasteiger partial charge in [0, 0.05) is 33.7 Å². The average molecular weight is 272 g/mol. The smallest absolute Gasteiger partial charge is 0.316 e. The normalized spacial score (nSPS) is 11.8. The third-order valence-corrected chi connectivity index (χ3v) is 2.73. The first-order chi connectivity index (χ1) is 8.99. The van der Waals surface area contributed by atoms with Gasteiger partial charge in [0.05, 0.1) is 6.04 Å². The van der Waals surface area contributed by atoms with Gasteiger partial charge >= 0.3 is 6.03 Å². The van der Waals surface area contributed by atoms with Crippen LogP contribution in [0.2, 0.25) is 0 Å². The first-order valence-corrected chi connectivity index (χ1v) is 6.95. The molecule has 6 heteroatoms. The highest BCUT2D eigenvalue weighted by atomic mass is 16.2. The van der Waals surface area contributed by atoms with Gasteiger partial charge in [0.15, 0.2) is 0 Å². The summed E-state index contributed by atoms with van der Waals surface area (Å²) >= 11 is 0. The minimum atomic E-state index is -0.238. The second kappa shape index (κ2) is 10.6. The molecule has 0 heterocycles. The van der Waals surface area contributed by atoms with Crippen molar-refractivity contribution in [3.63, 3.8) is 0 Å². The predicted molar refractivity (Wildman–Crippen MR) is 77.1 cm³/mol. The number of hydrogen-bond donors (Lipinski definition) is 3. The summed E-state index contributed by atoms with van der Waals surface area (Å²) in [5.41, 5.74) is 0. The van der Waals surface area contributed by atoms with E-state index in [1.807, 2.05) is 6.92 Å². The molecule has 0 aromatic heterocycles. The Balaban J connectivity index is 3.59. The lowest BCUT2D eigenvalue weighted by molar-refractivity contribution is -0.122. The Morgan fingerprint density at radius 2 is 1.74 bits per heavy atom. The van der Waals surface area contributed by atoms with Crippen molar-refractivity contribution in [2.24, 2.45) is 0 Å². The number of carbonyl (C=O) groups is 2. The van der Waals surface area contributed by atoms with Gasteiger partial charge in [-0.1, -0.05) is 19.8 Å². The van der Waals surface area contributed by atoms with Gasteiger partial charge in [0.25, 0.3) is 0 Å². The summed E-state index contributed by atoms with van der Waals surface area (Å²) in [5.74, 6) is 0.00930. The van der Waals surface area contributed by atoms with Crippen molar-refractivity contribution in [1.82, 2.24) is 20.9 Å². The SMILES string of the molecule is CCCCCNC(=O)C(C)NCCNC(=O)N(C)C. The highest BCUT2D eigenvalue weighted by molar-refractivity contribution is 5.81. The molecule has 0 aliphatic heterocycles. The van der Waals surface area contributed by atoms with Gasteiger partial charge in [-0.2, -0.15) is 0 Å². The van der Waals surface area contributed by atoms with Gasteiger partial charge in [-0.25, -0.2) is 4.79 Å². The van der Waals surface area contributed by atoms with Crippen LogP contribution in [-0.2, 0) is 4.79 Å². The summed E-state index contributed by atoms with van der Waals surface area (Å²) in [6.45, 7) is 5.76. The first kappa shape index (κ1) is 17.7. The van der Waals surface area contributed by atoms with E-state index in [0.717, 1.165) is 25.8 Å². The minimum Gasteiger partial charge on any atom is -0.355 e. The van der Waals surface area contributed by atoms with E-state index in [1.165, 1.54) is 4.90 Å². The molecule has 0 spiro atoms. The van der Waals surface area contributed by atoms with Crippen LogP contribution in [0.15, 0.2) is 0 Å². The molecule has 0 radical (unpaired) electrons. The fourth-order valence-corrected chi connectivity index (χ4v) is 1.45. The summed E-state index contributed by atoms with van der Waals surface area (Å²) in [6.07, 6.45) is 3.31. The van der Waals surface area contributed by atoms with E-state index in [-0.39, 0.29) is 18.0 Å². The molecule has 0 saturated carbocycles. The molecule has 3 N–H and O–H groups in total. The number of nitrogens with zero attached hydrogens (tertiary/aromatic N) is 1. The van der Waals surface area contributed by atoms with Crippen LogP contribution in [0.1, 0.15) is 33.1 Å². The molecule has 1 atom stereocenters. The fourth-order valence-electron chi connectivity index (χ4n) is 1.45. The van der Waals surface area contributed by atoms with Crippen molar-refractivity contribution < 1.29 is 9.59 Å². The maximum atomic E-state index is 11.7. The molecule has 0 aliphatic carbocycles. The van der Waals surface area contributed by atoms with E-state index in [0.29, 0.717) is 13.1 Å². The van der Waals surface area contributed by atoms with Crippen molar-refractivity contribution in [3.8, 4) is 0 Å². The Morgan fingerprint density at radius 1 is 1.05 bits per heavy atom. The zero-order chi connectivity index (χ0) is 14.7. The van der Waals surface area contributed by atoms with Crippen LogP contribution in [0.3, 0.4) is 0 Å². The topological polar surface area (TPSA) is 73.5 Å². The van der Waals surface area contributed by atoms with E-state index >= 15 is 0 Å². The number of hydrogen-bond acceptors (Lipinski definition) is 3. The van der Waals surface area contributed by atoms with Gasteiger partial charge in [-0.3, -0.25) is 4.79 Å². The highest BCUT2D eigenvalue weighted by Crippen LogP contribution is 1.91. The van der Waals surface area contributed by atoms with Crippen LogP contribution in [0.4, 0.5) is 4.79 Å². The van der Waals surface area contributed by atoms with Crippen LogP contribution >= 0.6 is 0 Å². The Kier molecular flexibility index (Phi) is 9.88. The highest BCUT2D eigenvalue weighted by Gasteiger charge is 2.10. The van der Waals surface area contributed by atoms with Crippen LogP contribution < -0.4 is 16.0 Å². The Morgan fingerprint density at radius 3 is 2.32 bits per heavy atom. The lowest BCUT2D eigenvalue weighted by Crippen LogP contribution is -2.46. The largest absolute Gasteiger partial charge is 0.355 e. The van der Waals surface area contributed by atoms with E-state index in [1.54, 1.807) is 14.1 Å². The summed E-state index contributed by atoms with van der Waals surface area (Å²) in [6, 6.07) is -0.364. The van der Waals surface area contributed by atoms with Crippen molar-refractivity contribution in [2.75, 3.05) is 33.7 Å². The molecule has 6 nitrogen and oxygen atoms in total. The third kappa shape index (κ3) is 9.30. The molecule has 0 fully saturated rings. The van der Waals surface area contributed by atoms with E-state index in [4.69, 9.17) is 0 Å². The quantitative estimate of drug-likeness (QED) is 0.536. The predicted octanol–water partition coefficient (Wildman–Crippen LogP) is 0.542. The maximum absolute atomic E-state index is 11.7. The Hall–Kier alpha value is -1.30. The number of nitrogens with one attached hydrogen (secondary N) is 3. The van der Waals surface area contributed by atoms with Gasteiger partial charge < -0.3 is 20.9 Å². The molecule has 0 rings (SSSR count). The molecule has 3 amide bonds. The molecule has 0 aromatic rings. The van der Waals surface area contributed by atoms with Crippen LogP contribution in [0.25, 0.3) is 0 Å². The number of urea groups is 1. The Labute approximate surface area is 116 Å². The van der Waals surface area contributed by atoms with Gasteiger partial charge in [0.1, 0.15) is 0 Å². The molecular formula is C13H28N4O2. The molecule has 0 bridgehead atoms. The van der Waals surface area contributed by atoms with Crippen molar-refractivity contribution in [1.29, 1.82) is 0 Å². The standard InChI is InChI=1S/C13H28N4O2/c1-5-6-7-8-15-12(18)11(2)14-9-10-16-13(19)17(3)4/h11,14H,5-10H2,1-4H3,(H,15,18)(H,16,19). The van der Waals surface area contributed by atoms with Crippen LogP contribution in [0.5, 0.6) is 0 Å². The Bertz CT molecular complexity index is 269. The number of unbranched alkanes of at least 4 members (excludes halogenated alkanes) is 2. The summed E-state index contributed by atoms with van der Waals surface area (Å²) in [7, 11) is 3.38. The molecule has 0 aliphatic rings.